The molecule has 0 unspecified atom stereocenters. The van der Waals surface area contributed by atoms with Gasteiger partial charge in [-0.2, -0.15) is 0 Å². The van der Waals surface area contributed by atoms with Crippen LogP contribution in [0.25, 0.3) is 0 Å². The van der Waals surface area contributed by atoms with Crippen LogP contribution in [0.2, 0.25) is 0 Å². The van der Waals surface area contributed by atoms with E-state index in [-0.39, 0.29) is 10.8 Å². The molecule has 0 radical (unpaired) electrons. The highest BCUT2D eigenvalue weighted by Crippen LogP contribution is 2.68. The van der Waals surface area contributed by atoms with Gasteiger partial charge in [0.1, 0.15) is 0 Å². The van der Waals surface area contributed by atoms with Crippen LogP contribution in [0.15, 0.2) is 0 Å². The van der Waals surface area contributed by atoms with Gasteiger partial charge in [-0.15, -0.1) is 23.2 Å². The van der Waals surface area contributed by atoms with E-state index in [0.717, 1.165) is 54.3 Å². The molecule has 0 N–H and O–H groups in total. The van der Waals surface area contributed by atoms with Crippen molar-refractivity contribution in [2.45, 2.75) is 116 Å². The van der Waals surface area contributed by atoms with Gasteiger partial charge in [0.05, 0.1) is 10.8 Å². The van der Waals surface area contributed by atoms with E-state index in [1.807, 2.05) is 0 Å². The lowest BCUT2D eigenvalue weighted by atomic mass is 9.44. The molecule has 0 nitrogen and oxygen atoms in total. The minimum atomic E-state index is 0.183. The van der Waals surface area contributed by atoms with Crippen molar-refractivity contribution < 1.29 is 0 Å². The van der Waals surface area contributed by atoms with Crippen LogP contribution in [0.5, 0.6) is 0 Å². The molecule has 0 amide bonds. The summed E-state index contributed by atoms with van der Waals surface area (Å²) in [5, 5.41) is 0.380. The number of fused-ring (bicyclic) bond motifs is 5. The number of rotatable bonds is 5. The number of alkyl halides is 2. The molecule has 0 saturated heterocycles. The van der Waals surface area contributed by atoms with Crippen molar-refractivity contribution in [2.24, 2.45) is 52.3 Å². The Kier molecular flexibility index (Phi) is 6.67. The molecule has 4 aliphatic carbocycles. The zero-order chi connectivity index (χ0) is 21.0. The normalized spacial score (nSPS) is 50.7. The van der Waals surface area contributed by atoms with Crippen LogP contribution >= 0.6 is 23.2 Å². The summed E-state index contributed by atoms with van der Waals surface area (Å²) >= 11 is 13.4. The molecule has 29 heavy (non-hydrogen) atoms. The predicted molar refractivity (Wildman–Crippen MR) is 128 cm³/mol. The smallest absolute Gasteiger partial charge is 0.0505 e. The third-order valence-corrected chi connectivity index (χ3v) is 11.9. The molecule has 4 rings (SSSR count). The van der Waals surface area contributed by atoms with Gasteiger partial charge in [0.2, 0.25) is 0 Å². The van der Waals surface area contributed by atoms with Crippen molar-refractivity contribution in [3.8, 4) is 0 Å². The Hall–Kier alpha value is 0.580. The molecule has 2 heteroatoms. The van der Waals surface area contributed by atoms with E-state index >= 15 is 0 Å². The standard InChI is InChI=1S/C27H46Cl2/c1-17(2)7-6-8-18(3)21-11-12-22-20-10-9-19-15-24(28)25(29)16-27(19,5)23(20)13-14-26(21,22)4/h17-25H,6-16H2,1-5H3/t18-,19+,20+,21-,22+,23+,24-,25-,26-,27+/m1/s1. The minimum Gasteiger partial charge on any atom is -0.121 e. The average Bonchev–Trinajstić information content (AvgIpc) is 3.00. The van der Waals surface area contributed by atoms with Gasteiger partial charge in [-0.1, -0.05) is 53.9 Å². The van der Waals surface area contributed by atoms with E-state index in [1.165, 1.54) is 57.8 Å². The van der Waals surface area contributed by atoms with Crippen LogP contribution < -0.4 is 0 Å². The summed E-state index contributed by atoms with van der Waals surface area (Å²) < 4.78 is 0. The van der Waals surface area contributed by atoms with E-state index < -0.39 is 0 Å². The summed E-state index contributed by atoms with van der Waals surface area (Å²) in [6, 6.07) is 0. The van der Waals surface area contributed by atoms with Gasteiger partial charge in [0, 0.05) is 0 Å². The van der Waals surface area contributed by atoms with Crippen LogP contribution in [0.3, 0.4) is 0 Å². The fourth-order valence-corrected chi connectivity index (χ4v) is 9.97. The summed E-state index contributed by atoms with van der Waals surface area (Å²) in [6.45, 7) is 12.6. The Bertz CT molecular complexity index is 573. The van der Waals surface area contributed by atoms with Crippen molar-refractivity contribution in [1.29, 1.82) is 0 Å². The molecule has 0 spiro atoms. The Labute approximate surface area is 191 Å². The Morgan fingerprint density at radius 1 is 0.828 bits per heavy atom. The predicted octanol–water partition coefficient (Wildman–Crippen LogP) is 8.93. The Balaban J connectivity index is 1.47. The van der Waals surface area contributed by atoms with Crippen LogP contribution in [0.1, 0.15) is 105 Å². The largest absolute Gasteiger partial charge is 0.121 e. The molecule has 0 heterocycles. The molecular weight excluding hydrogens is 395 g/mol. The topological polar surface area (TPSA) is 0 Å². The lowest BCUT2D eigenvalue weighted by Gasteiger charge is -2.61. The van der Waals surface area contributed by atoms with Gasteiger partial charge < -0.3 is 0 Å². The first-order valence-corrected chi connectivity index (χ1v) is 13.8. The highest BCUT2D eigenvalue weighted by Gasteiger charge is 2.61. The summed E-state index contributed by atoms with van der Waals surface area (Å²) in [6.07, 6.45) is 15.4. The molecule has 0 aromatic heterocycles. The lowest BCUT2D eigenvalue weighted by molar-refractivity contribution is -0.113. The first-order chi connectivity index (χ1) is 13.7. The van der Waals surface area contributed by atoms with Gasteiger partial charge >= 0.3 is 0 Å². The monoisotopic (exact) mass is 440 g/mol. The average molecular weight is 442 g/mol. The highest BCUT2D eigenvalue weighted by molar-refractivity contribution is 6.30. The molecule has 0 aromatic carbocycles. The van der Waals surface area contributed by atoms with Crippen LogP contribution in [0.4, 0.5) is 0 Å². The van der Waals surface area contributed by atoms with Crippen molar-refractivity contribution in [1.82, 2.24) is 0 Å². The summed E-state index contributed by atoms with van der Waals surface area (Å²) in [4.78, 5) is 0. The van der Waals surface area contributed by atoms with Crippen molar-refractivity contribution in [3.05, 3.63) is 0 Å². The summed E-state index contributed by atoms with van der Waals surface area (Å²) in [5.41, 5.74) is 1.05. The summed E-state index contributed by atoms with van der Waals surface area (Å²) in [7, 11) is 0. The number of halogens is 2. The maximum atomic E-state index is 6.75. The second-order valence-corrected chi connectivity index (χ2v) is 13.8. The van der Waals surface area contributed by atoms with E-state index in [1.54, 1.807) is 0 Å². The van der Waals surface area contributed by atoms with Crippen molar-refractivity contribution in [2.75, 3.05) is 0 Å². The molecule has 4 fully saturated rings. The van der Waals surface area contributed by atoms with E-state index in [0.29, 0.717) is 10.8 Å². The SMILES string of the molecule is CC(C)CCC[C@@H](C)[C@H]1CC[C@H]2[C@@H]3CC[C@H]4C[C@@H](Cl)[C@H](Cl)C[C@]4(C)[C@H]3CC[C@]12C. The van der Waals surface area contributed by atoms with E-state index in [2.05, 4.69) is 34.6 Å². The first-order valence-electron chi connectivity index (χ1n) is 12.9. The molecule has 10 atom stereocenters. The van der Waals surface area contributed by atoms with Gasteiger partial charge in [0.25, 0.3) is 0 Å². The second kappa shape index (κ2) is 8.50. The number of hydrogen-bond acceptors (Lipinski definition) is 0. The second-order valence-electron chi connectivity index (χ2n) is 12.7. The van der Waals surface area contributed by atoms with Gasteiger partial charge in [-0.25, -0.2) is 0 Å². The molecule has 0 aliphatic heterocycles. The molecule has 168 valence electrons. The number of hydrogen-bond donors (Lipinski definition) is 0. The molecule has 0 aromatic rings. The van der Waals surface area contributed by atoms with Crippen LogP contribution in [-0.2, 0) is 0 Å². The van der Waals surface area contributed by atoms with Crippen LogP contribution in [-0.4, -0.2) is 10.8 Å². The molecular formula is C27H46Cl2. The fourth-order valence-electron chi connectivity index (χ4n) is 9.23. The van der Waals surface area contributed by atoms with Gasteiger partial charge in [-0.3, -0.25) is 0 Å². The molecule has 4 saturated carbocycles. The lowest BCUT2D eigenvalue weighted by Crippen LogP contribution is -2.55. The Morgan fingerprint density at radius 3 is 2.28 bits per heavy atom. The minimum absolute atomic E-state index is 0.183. The highest BCUT2D eigenvalue weighted by atomic mass is 35.5. The van der Waals surface area contributed by atoms with Crippen LogP contribution in [0, 0.1) is 52.3 Å². The van der Waals surface area contributed by atoms with E-state index in [4.69, 9.17) is 23.2 Å². The Morgan fingerprint density at radius 2 is 1.55 bits per heavy atom. The third-order valence-electron chi connectivity index (χ3n) is 10.8. The van der Waals surface area contributed by atoms with Crippen molar-refractivity contribution >= 4 is 23.2 Å². The fraction of sp³-hybridized carbons (Fsp3) is 1.00. The third kappa shape index (κ3) is 3.94. The maximum absolute atomic E-state index is 6.75. The van der Waals surface area contributed by atoms with E-state index in [9.17, 15) is 0 Å². The zero-order valence-electron chi connectivity index (χ0n) is 19.7. The molecule has 0 bridgehead atoms. The molecule has 4 aliphatic rings. The van der Waals surface area contributed by atoms with Gasteiger partial charge in [-0.05, 0) is 104 Å². The first kappa shape index (κ1) is 22.8. The maximum Gasteiger partial charge on any atom is 0.0505 e. The zero-order valence-corrected chi connectivity index (χ0v) is 21.2. The van der Waals surface area contributed by atoms with Crippen molar-refractivity contribution in [3.63, 3.8) is 0 Å². The quantitative estimate of drug-likeness (QED) is 0.374. The van der Waals surface area contributed by atoms with Gasteiger partial charge in [0.15, 0.2) is 0 Å². The summed E-state index contributed by atoms with van der Waals surface area (Å²) in [5.74, 6) is 6.38.